The lowest BCUT2D eigenvalue weighted by atomic mass is 9.97. The number of likely N-dealkylation sites (N-methyl/N-ethyl adjacent to an activating group) is 1. The number of carbonyl (C=O) groups excluding carboxylic acids is 1. The Morgan fingerprint density at radius 3 is 2.67 bits per heavy atom. The summed E-state index contributed by atoms with van der Waals surface area (Å²) in [6.07, 6.45) is 8.05. The number of carbonyl (C=O) groups is 1. The number of amides is 1. The predicted octanol–water partition coefficient (Wildman–Crippen LogP) is 2.22. The van der Waals surface area contributed by atoms with Crippen LogP contribution in [0.2, 0.25) is 0 Å². The van der Waals surface area contributed by atoms with Gasteiger partial charge in [-0.15, -0.1) is 0 Å². The topological polar surface area (TPSA) is 35.6 Å². The lowest BCUT2D eigenvalue weighted by Gasteiger charge is -2.33. The highest BCUT2D eigenvalue weighted by Crippen LogP contribution is 2.21. The average molecular weight is 293 g/mol. The number of nitrogens with zero attached hydrogens (tertiary/aromatic N) is 2. The third-order valence-electron chi connectivity index (χ3n) is 4.84. The molecule has 1 aliphatic heterocycles. The van der Waals surface area contributed by atoms with Gasteiger partial charge in [-0.25, -0.2) is 0 Å². The Labute approximate surface area is 129 Å². The van der Waals surface area contributed by atoms with Crippen molar-refractivity contribution in [3.05, 3.63) is 11.8 Å². The molecule has 1 heterocycles. The zero-order valence-corrected chi connectivity index (χ0v) is 13.9. The molecule has 0 aromatic heterocycles. The molecule has 21 heavy (non-hydrogen) atoms. The van der Waals surface area contributed by atoms with Crippen LogP contribution in [0.3, 0.4) is 0 Å². The fourth-order valence-corrected chi connectivity index (χ4v) is 3.25. The van der Waals surface area contributed by atoms with E-state index in [0.717, 1.165) is 38.4 Å². The Morgan fingerprint density at radius 2 is 2.10 bits per heavy atom. The molecular formula is C17H31N3O. The molecule has 1 N–H and O–H groups in total. The summed E-state index contributed by atoms with van der Waals surface area (Å²) in [7, 11) is 1.93. The van der Waals surface area contributed by atoms with E-state index < -0.39 is 0 Å². The molecular weight excluding hydrogens is 262 g/mol. The van der Waals surface area contributed by atoms with Gasteiger partial charge in [-0.3, -0.25) is 9.69 Å². The molecule has 0 bridgehead atoms. The average Bonchev–Trinajstić information content (AvgIpc) is 3.00. The smallest absolute Gasteiger partial charge is 0.240 e. The van der Waals surface area contributed by atoms with Gasteiger partial charge in [0.1, 0.15) is 0 Å². The van der Waals surface area contributed by atoms with Crippen molar-refractivity contribution in [3.63, 3.8) is 0 Å². The summed E-state index contributed by atoms with van der Waals surface area (Å²) in [6.45, 7) is 8.24. The summed E-state index contributed by atoms with van der Waals surface area (Å²) < 4.78 is 0. The third-order valence-corrected chi connectivity index (χ3v) is 4.84. The minimum absolute atomic E-state index is 0.241. The summed E-state index contributed by atoms with van der Waals surface area (Å²) in [5.74, 6) is 0.975. The van der Waals surface area contributed by atoms with Crippen LogP contribution in [0.4, 0.5) is 0 Å². The molecule has 0 atom stereocenters. The number of allylic oxidation sites excluding steroid dienone is 2. The Hall–Kier alpha value is -0.870. The summed E-state index contributed by atoms with van der Waals surface area (Å²) in [5.41, 5.74) is 1.21. The van der Waals surface area contributed by atoms with E-state index in [4.69, 9.17) is 0 Å². The van der Waals surface area contributed by atoms with Crippen molar-refractivity contribution < 1.29 is 4.79 Å². The summed E-state index contributed by atoms with van der Waals surface area (Å²) in [5, 5.41) is 3.41. The van der Waals surface area contributed by atoms with E-state index >= 15 is 0 Å². The van der Waals surface area contributed by atoms with Gasteiger partial charge >= 0.3 is 0 Å². The van der Waals surface area contributed by atoms with Gasteiger partial charge in [-0.2, -0.15) is 0 Å². The van der Waals surface area contributed by atoms with Crippen LogP contribution in [0.25, 0.3) is 0 Å². The van der Waals surface area contributed by atoms with E-state index in [0.29, 0.717) is 12.6 Å². The lowest BCUT2D eigenvalue weighted by Crippen LogP contribution is -2.44. The Balaban J connectivity index is 1.87. The van der Waals surface area contributed by atoms with E-state index in [-0.39, 0.29) is 5.91 Å². The molecule has 1 saturated heterocycles. The van der Waals surface area contributed by atoms with Gasteiger partial charge in [0.25, 0.3) is 0 Å². The highest BCUT2D eigenvalue weighted by Gasteiger charge is 2.23. The van der Waals surface area contributed by atoms with Crippen molar-refractivity contribution in [1.29, 1.82) is 0 Å². The van der Waals surface area contributed by atoms with Gasteiger partial charge in [0.15, 0.2) is 0 Å². The molecule has 0 saturated carbocycles. The molecule has 120 valence electrons. The number of rotatable bonds is 6. The summed E-state index contributed by atoms with van der Waals surface area (Å²) in [4.78, 5) is 16.7. The number of piperidine rings is 1. The highest BCUT2D eigenvalue weighted by molar-refractivity contribution is 5.79. The molecule has 0 aromatic rings. The van der Waals surface area contributed by atoms with Crippen molar-refractivity contribution >= 4 is 5.91 Å². The molecule has 0 radical (unpaired) electrons. The van der Waals surface area contributed by atoms with E-state index in [1.54, 1.807) is 0 Å². The van der Waals surface area contributed by atoms with Crippen LogP contribution >= 0.6 is 0 Å². The maximum absolute atomic E-state index is 12.5. The zero-order chi connectivity index (χ0) is 15.2. The normalized spacial score (nSPS) is 20.1. The third kappa shape index (κ3) is 4.82. The quantitative estimate of drug-likeness (QED) is 0.815. The van der Waals surface area contributed by atoms with E-state index in [1.807, 2.05) is 11.9 Å². The van der Waals surface area contributed by atoms with E-state index in [1.165, 1.54) is 25.0 Å². The summed E-state index contributed by atoms with van der Waals surface area (Å²) in [6, 6.07) is 0.426. The second kappa shape index (κ2) is 7.95. The first kappa shape index (κ1) is 16.5. The van der Waals surface area contributed by atoms with Crippen molar-refractivity contribution in [2.45, 2.75) is 52.0 Å². The molecule has 0 aromatic carbocycles. The van der Waals surface area contributed by atoms with E-state index in [9.17, 15) is 4.79 Å². The van der Waals surface area contributed by atoms with Gasteiger partial charge in [-0.05, 0) is 65.0 Å². The van der Waals surface area contributed by atoms with E-state index in [2.05, 4.69) is 30.1 Å². The van der Waals surface area contributed by atoms with Crippen molar-refractivity contribution in [2.75, 3.05) is 33.2 Å². The number of nitrogens with one attached hydrogen (secondary N) is 1. The van der Waals surface area contributed by atoms with Gasteiger partial charge in [0.2, 0.25) is 5.91 Å². The molecule has 0 unspecified atom stereocenters. The largest absolute Gasteiger partial charge is 0.318 e. The number of hydrogen-bond donors (Lipinski definition) is 1. The monoisotopic (exact) mass is 293 g/mol. The lowest BCUT2D eigenvalue weighted by molar-refractivity contribution is -0.130. The van der Waals surface area contributed by atoms with Crippen molar-refractivity contribution in [2.24, 2.45) is 5.92 Å². The van der Waals surface area contributed by atoms with Crippen LogP contribution in [0, 0.1) is 5.92 Å². The SMILES string of the molecule is CC(C)N(CC(=O)N(C)C1=CCCC1)CC1CCNCC1. The maximum atomic E-state index is 12.5. The second-order valence-electron chi connectivity index (χ2n) is 6.76. The Morgan fingerprint density at radius 1 is 1.38 bits per heavy atom. The van der Waals surface area contributed by atoms with Gasteiger partial charge in [-0.1, -0.05) is 6.08 Å². The maximum Gasteiger partial charge on any atom is 0.240 e. The Bertz CT molecular complexity index is 372. The van der Waals surface area contributed by atoms with Crippen molar-refractivity contribution in [3.8, 4) is 0 Å². The zero-order valence-electron chi connectivity index (χ0n) is 13.9. The van der Waals surface area contributed by atoms with Crippen LogP contribution in [0.1, 0.15) is 46.0 Å². The van der Waals surface area contributed by atoms with Gasteiger partial charge < -0.3 is 10.2 Å². The first-order valence-electron chi connectivity index (χ1n) is 8.48. The second-order valence-corrected chi connectivity index (χ2v) is 6.76. The standard InChI is InChI=1S/C17H31N3O/c1-14(2)20(12-15-8-10-18-11-9-15)13-17(21)19(3)16-6-4-5-7-16/h6,14-15,18H,4-5,7-13H2,1-3H3. The van der Waals surface area contributed by atoms with Crippen LogP contribution in [-0.4, -0.2) is 55.0 Å². The van der Waals surface area contributed by atoms with Crippen LogP contribution in [-0.2, 0) is 4.79 Å². The summed E-state index contributed by atoms with van der Waals surface area (Å²) >= 11 is 0. The van der Waals surface area contributed by atoms with Gasteiger partial charge in [0.05, 0.1) is 6.54 Å². The van der Waals surface area contributed by atoms with Crippen LogP contribution < -0.4 is 5.32 Å². The molecule has 2 rings (SSSR count). The Kier molecular flexibility index (Phi) is 6.24. The molecule has 1 aliphatic carbocycles. The van der Waals surface area contributed by atoms with Crippen LogP contribution in [0.15, 0.2) is 11.8 Å². The first-order chi connectivity index (χ1) is 10.1. The number of hydrogen-bond acceptors (Lipinski definition) is 3. The van der Waals surface area contributed by atoms with Gasteiger partial charge in [0, 0.05) is 25.3 Å². The molecule has 4 heteroatoms. The molecule has 4 nitrogen and oxygen atoms in total. The highest BCUT2D eigenvalue weighted by atomic mass is 16.2. The fraction of sp³-hybridized carbons (Fsp3) is 0.824. The molecule has 0 spiro atoms. The molecule has 1 amide bonds. The first-order valence-corrected chi connectivity index (χ1v) is 8.48. The predicted molar refractivity (Wildman–Crippen MR) is 87.0 cm³/mol. The minimum Gasteiger partial charge on any atom is -0.318 e. The molecule has 2 aliphatic rings. The molecule has 1 fully saturated rings. The van der Waals surface area contributed by atoms with Crippen LogP contribution in [0.5, 0.6) is 0 Å². The van der Waals surface area contributed by atoms with Crippen molar-refractivity contribution in [1.82, 2.24) is 15.1 Å². The minimum atomic E-state index is 0.241. The fourth-order valence-electron chi connectivity index (χ4n) is 3.25.